The first kappa shape index (κ1) is 21.9. The van der Waals surface area contributed by atoms with Crippen LogP contribution < -0.4 is 14.8 Å². The Morgan fingerprint density at radius 3 is 2.73 bits per heavy atom. The first-order valence-electron chi connectivity index (χ1n) is 9.80. The van der Waals surface area contributed by atoms with E-state index < -0.39 is 0 Å². The van der Waals surface area contributed by atoms with E-state index in [4.69, 9.17) is 14.7 Å². The average Bonchev–Trinajstić information content (AvgIpc) is 3.30. The number of ether oxygens (including phenoxy) is 2. The first-order chi connectivity index (χ1) is 16.1. The maximum absolute atomic E-state index is 13.0. The van der Waals surface area contributed by atoms with Crippen molar-refractivity contribution in [3.8, 4) is 28.1 Å². The number of para-hydroxylation sites is 1. The van der Waals surface area contributed by atoms with Crippen molar-refractivity contribution >= 4 is 22.4 Å². The molecule has 0 unspecified atom stereocenters. The number of benzene rings is 1. The molecular weight excluding hydrogens is 440 g/mol. The van der Waals surface area contributed by atoms with Crippen molar-refractivity contribution in [2.75, 3.05) is 12.4 Å². The van der Waals surface area contributed by atoms with Gasteiger partial charge in [0.2, 0.25) is 5.13 Å². The molecule has 0 atom stereocenters. The van der Waals surface area contributed by atoms with Crippen molar-refractivity contribution in [3.63, 3.8) is 0 Å². The molecule has 0 saturated carbocycles. The van der Waals surface area contributed by atoms with Gasteiger partial charge < -0.3 is 9.47 Å². The van der Waals surface area contributed by atoms with Gasteiger partial charge in [0.1, 0.15) is 18.4 Å². The summed E-state index contributed by atoms with van der Waals surface area (Å²) in [6.45, 7) is 2.02. The number of methoxy groups -OCH3 is 1. The zero-order chi connectivity index (χ0) is 23.2. The second-order valence-corrected chi connectivity index (χ2v) is 7.78. The van der Waals surface area contributed by atoms with Gasteiger partial charge in [-0.25, -0.2) is 0 Å². The van der Waals surface area contributed by atoms with Gasteiger partial charge in [-0.05, 0) is 42.5 Å². The summed E-state index contributed by atoms with van der Waals surface area (Å²) >= 11 is 1.09. The number of hydrogen-bond acceptors (Lipinski definition) is 9. The molecule has 0 aliphatic heterocycles. The smallest absolute Gasteiger partial charge is 0.296 e. The molecule has 4 rings (SSSR count). The summed E-state index contributed by atoms with van der Waals surface area (Å²) in [6, 6.07) is 14.7. The summed E-state index contributed by atoms with van der Waals surface area (Å²) in [5.74, 6) is 0.278. The fourth-order valence-corrected chi connectivity index (χ4v) is 3.62. The Bertz CT molecular complexity index is 1330. The van der Waals surface area contributed by atoms with Gasteiger partial charge in [0.25, 0.3) is 11.1 Å². The van der Waals surface area contributed by atoms with Crippen molar-refractivity contribution in [2.24, 2.45) is 0 Å². The standard InChI is InChI=1S/C23H18N6O3S/c1-14-9-18(17-5-3-4-6-20(17)31-2)19(12-25-14)21(30)27-22-28-29-23(33-22)32-13-16-8-7-15(10-24)11-26-16/h3-9,11-12H,13H2,1-2H3,(H,27,28,30). The van der Waals surface area contributed by atoms with Crippen LogP contribution in [-0.4, -0.2) is 33.2 Å². The topological polar surface area (TPSA) is 123 Å². The van der Waals surface area contributed by atoms with Crippen molar-refractivity contribution in [3.05, 3.63) is 77.4 Å². The third-order valence-corrected chi connectivity index (χ3v) is 5.36. The van der Waals surface area contributed by atoms with Crippen LogP contribution >= 0.6 is 11.3 Å². The first-order valence-corrected chi connectivity index (χ1v) is 10.6. The van der Waals surface area contributed by atoms with Crippen LogP contribution in [0.3, 0.4) is 0 Å². The quantitative estimate of drug-likeness (QED) is 0.441. The number of carbonyl (C=O) groups is 1. The third kappa shape index (κ3) is 5.11. The maximum Gasteiger partial charge on any atom is 0.296 e. The average molecular weight is 459 g/mol. The molecule has 0 fully saturated rings. The van der Waals surface area contributed by atoms with E-state index in [9.17, 15) is 4.79 Å². The molecule has 1 N–H and O–H groups in total. The van der Waals surface area contributed by atoms with E-state index >= 15 is 0 Å². The minimum Gasteiger partial charge on any atom is -0.496 e. The molecule has 0 radical (unpaired) electrons. The number of amides is 1. The fourth-order valence-electron chi connectivity index (χ4n) is 3.03. The molecule has 33 heavy (non-hydrogen) atoms. The molecule has 0 aliphatic carbocycles. The van der Waals surface area contributed by atoms with E-state index in [0.29, 0.717) is 28.1 Å². The van der Waals surface area contributed by atoms with E-state index in [1.54, 1.807) is 19.2 Å². The van der Waals surface area contributed by atoms with Crippen molar-refractivity contribution in [1.29, 1.82) is 5.26 Å². The lowest BCUT2D eigenvalue weighted by Crippen LogP contribution is -2.14. The highest BCUT2D eigenvalue weighted by Crippen LogP contribution is 2.33. The number of carbonyl (C=O) groups excluding carboxylic acids is 1. The summed E-state index contributed by atoms with van der Waals surface area (Å²) in [5.41, 5.74) is 3.75. The lowest BCUT2D eigenvalue weighted by Gasteiger charge is -2.13. The van der Waals surface area contributed by atoms with Crippen LogP contribution in [0, 0.1) is 18.3 Å². The Hall–Kier alpha value is -4.36. The molecule has 10 heteroatoms. The second kappa shape index (κ2) is 9.84. The Labute approximate surface area is 193 Å². The fraction of sp³-hybridized carbons (Fsp3) is 0.130. The molecule has 0 saturated heterocycles. The largest absolute Gasteiger partial charge is 0.496 e. The number of aromatic nitrogens is 4. The molecule has 9 nitrogen and oxygen atoms in total. The normalized spacial score (nSPS) is 10.3. The van der Waals surface area contributed by atoms with Crippen LogP contribution in [0.4, 0.5) is 5.13 Å². The van der Waals surface area contributed by atoms with E-state index in [1.165, 1.54) is 12.4 Å². The molecule has 4 aromatic rings. The summed E-state index contributed by atoms with van der Waals surface area (Å²) in [4.78, 5) is 21.5. The molecule has 1 aromatic carbocycles. The summed E-state index contributed by atoms with van der Waals surface area (Å²) in [5, 5.41) is 20.1. The van der Waals surface area contributed by atoms with Gasteiger partial charge >= 0.3 is 0 Å². The molecule has 0 bridgehead atoms. The minimum absolute atomic E-state index is 0.161. The number of rotatable bonds is 7. The maximum atomic E-state index is 13.0. The predicted octanol–water partition coefficient (Wildman–Crippen LogP) is 4.02. The van der Waals surface area contributed by atoms with Crippen LogP contribution in [0.25, 0.3) is 11.1 Å². The van der Waals surface area contributed by atoms with Crippen LogP contribution in [0.1, 0.15) is 27.3 Å². The highest BCUT2D eigenvalue weighted by molar-refractivity contribution is 7.17. The number of nitrogens with zero attached hydrogens (tertiary/aromatic N) is 5. The molecule has 1 amide bonds. The Morgan fingerprint density at radius 1 is 1.12 bits per heavy atom. The highest BCUT2D eigenvalue weighted by Gasteiger charge is 2.18. The van der Waals surface area contributed by atoms with Crippen molar-refractivity contribution < 1.29 is 14.3 Å². The number of aryl methyl sites for hydroxylation is 1. The van der Waals surface area contributed by atoms with E-state index in [-0.39, 0.29) is 22.8 Å². The zero-order valence-corrected chi connectivity index (χ0v) is 18.6. The van der Waals surface area contributed by atoms with Crippen LogP contribution in [-0.2, 0) is 6.61 Å². The zero-order valence-electron chi connectivity index (χ0n) is 17.8. The molecule has 164 valence electrons. The van der Waals surface area contributed by atoms with E-state index in [2.05, 4.69) is 25.5 Å². The van der Waals surface area contributed by atoms with Gasteiger partial charge in [0.15, 0.2) is 0 Å². The molecule has 3 heterocycles. The van der Waals surface area contributed by atoms with Crippen molar-refractivity contribution in [2.45, 2.75) is 13.5 Å². The summed E-state index contributed by atoms with van der Waals surface area (Å²) in [6.07, 6.45) is 3.00. The number of hydrogen-bond donors (Lipinski definition) is 1. The Morgan fingerprint density at radius 2 is 1.97 bits per heavy atom. The molecular formula is C23H18N6O3S. The van der Waals surface area contributed by atoms with Gasteiger partial charge in [-0.1, -0.05) is 23.3 Å². The van der Waals surface area contributed by atoms with E-state index in [1.807, 2.05) is 43.3 Å². The van der Waals surface area contributed by atoms with E-state index in [0.717, 1.165) is 22.6 Å². The monoisotopic (exact) mass is 458 g/mol. The van der Waals surface area contributed by atoms with Gasteiger partial charge in [-0.2, -0.15) is 5.26 Å². The lowest BCUT2D eigenvalue weighted by molar-refractivity contribution is 0.102. The molecule has 0 aliphatic rings. The van der Waals surface area contributed by atoms with Gasteiger partial charge in [0, 0.05) is 29.2 Å². The van der Waals surface area contributed by atoms with Gasteiger partial charge in [-0.3, -0.25) is 20.1 Å². The highest BCUT2D eigenvalue weighted by atomic mass is 32.1. The minimum atomic E-state index is -0.375. The van der Waals surface area contributed by atoms with Crippen LogP contribution in [0.2, 0.25) is 0 Å². The number of pyridine rings is 2. The van der Waals surface area contributed by atoms with Crippen LogP contribution in [0.15, 0.2) is 54.9 Å². The number of nitriles is 1. The summed E-state index contributed by atoms with van der Waals surface area (Å²) in [7, 11) is 1.59. The lowest BCUT2D eigenvalue weighted by atomic mass is 9.99. The van der Waals surface area contributed by atoms with Gasteiger partial charge in [-0.15, -0.1) is 5.10 Å². The Balaban J connectivity index is 1.49. The predicted molar refractivity (Wildman–Crippen MR) is 122 cm³/mol. The number of anilines is 1. The molecule has 0 spiro atoms. The molecule has 3 aromatic heterocycles. The van der Waals surface area contributed by atoms with Crippen LogP contribution in [0.5, 0.6) is 10.9 Å². The second-order valence-electron chi connectivity index (χ2n) is 6.84. The SMILES string of the molecule is COc1ccccc1-c1cc(C)ncc1C(=O)Nc1nnc(OCc2ccc(C#N)cn2)s1. The third-order valence-electron chi connectivity index (χ3n) is 4.61. The number of nitrogens with one attached hydrogen (secondary N) is 1. The Kier molecular flexibility index (Phi) is 6.52. The summed E-state index contributed by atoms with van der Waals surface area (Å²) < 4.78 is 11.1. The van der Waals surface area contributed by atoms with Gasteiger partial charge in [0.05, 0.1) is 23.9 Å². The van der Waals surface area contributed by atoms with Crippen molar-refractivity contribution in [1.82, 2.24) is 20.2 Å².